The summed E-state index contributed by atoms with van der Waals surface area (Å²) < 4.78 is 18.3. The Labute approximate surface area is 161 Å². The number of rotatable bonds is 6. The van der Waals surface area contributed by atoms with Crippen molar-refractivity contribution < 1.29 is 13.9 Å². The third-order valence-corrected chi connectivity index (χ3v) is 4.05. The third kappa shape index (κ3) is 5.18. The smallest absolute Gasteiger partial charge is 0.228 e. The van der Waals surface area contributed by atoms with Crippen molar-refractivity contribution in [2.75, 3.05) is 17.7 Å². The van der Waals surface area contributed by atoms with Gasteiger partial charge in [-0.05, 0) is 48.0 Å². The van der Waals surface area contributed by atoms with E-state index in [4.69, 9.17) is 16.3 Å². The van der Waals surface area contributed by atoms with E-state index in [-0.39, 0.29) is 17.4 Å². The minimum atomic E-state index is -0.481. The highest BCUT2D eigenvalue weighted by molar-refractivity contribution is 6.31. The molecule has 0 aliphatic heterocycles. The van der Waals surface area contributed by atoms with Crippen LogP contribution in [0.2, 0.25) is 5.02 Å². The lowest BCUT2D eigenvalue weighted by Gasteiger charge is -2.09. The molecule has 0 fully saturated rings. The van der Waals surface area contributed by atoms with Crippen LogP contribution in [-0.2, 0) is 11.2 Å². The van der Waals surface area contributed by atoms with E-state index in [0.29, 0.717) is 17.2 Å². The van der Waals surface area contributed by atoms with E-state index in [9.17, 15) is 9.18 Å². The number of hydrogen-bond donors (Lipinski definition) is 2. The van der Waals surface area contributed by atoms with Gasteiger partial charge in [-0.15, -0.1) is 0 Å². The quantitative estimate of drug-likeness (QED) is 0.639. The molecule has 0 aliphatic carbocycles. The summed E-state index contributed by atoms with van der Waals surface area (Å²) in [6.45, 7) is 0. The second-order valence-electron chi connectivity index (χ2n) is 5.76. The van der Waals surface area contributed by atoms with E-state index in [2.05, 4.69) is 15.6 Å². The number of carbonyl (C=O) groups excluding carboxylic acids is 1. The molecule has 27 heavy (non-hydrogen) atoms. The maximum Gasteiger partial charge on any atom is 0.228 e. The second-order valence-corrected chi connectivity index (χ2v) is 6.17. The molecule has 0 spiro atoms. The predicted molar refractivity (Wildman–Crippen MR) is 104 cm³/mol. The molecule has 3 aromatic rings. The number of amides is 1. The number of nitrogens with one attached hydrogen (secondary N) is 2. The van der Waals surface area contributed by atoms with Crippen molar-refractivity contribution in [2.24, 2.45) is 0 Å². The zero-order valence-corrected chi connectivity index (χ0v) is 15.3. The van der Waals surface area contributed by atoms with Crippen LogP contribution in [0, 0.1) is 5.82 Å². The SMILES string of the molecule is COc1ccc(CC(=O)Nc2ccc(Nc3ccc(F)c(Cl)c3)nc2)cc1. The zero-order valence-electron chi connectivity index (χ0n) is 14.5. The number of nitrogens with zero attached hydrogens (tertiary/aromatic N) is 1. The fourth-order valence-corrected chi connectivity index (χ4v) is 2.58. The molecule has 0 unspecified atom stereocenters. The molecule has 0 radical (unpaired) electrons. The topological polar surface area (TPSA) is 63.2 Å². The fraction of sp³-hybridized carbons (Fsp3) is 0.100. The monoisotopic (exact) mass is 385 g/mol. The Morgan fingerprint density at radius 1 is 1.11 bits per heavy atom. The number of halogens is 2. The van der Waals surface area contributed by atoms with Crippen molar-refractivity contribution in [1.29, 1.82) is 0 Å². The van der Waals surface area contributed by atoms with Crippen molar-refractivity contribution in [2.45, 2.75) is 6.42 Å². The molecule has 1 amide bonds. The van der Waals surface area contributed by atoms with Gasteiger partial charge in [-0.2, -0.15) is 0 Å². The first-order valence-electron chi connectivity index (χ1n) is 8.14. The Kier molecular flexibility index (Phi) is 5.88. The van der Waals surface area contributed by atoms with Gasteiger partial charge in [0.1, 0.15) is 17.4 Å². The number of methoxy groups -OCH3 is 1. The molecule has 2 aromatic carbocycles. The summed E-state index contributed by atoms with van der Waals surface area (Å²) in [5, 5.41) is 5.84. The molecule has 1 heterocycles. The number of pyridine rings is 1. The van der Waals surface area contributed by atoms with Crippen LogP contribution in [0.4, 0.5) is 21.6 Å². The first kappa shape index (κ1) is 18.7. The summed E-state index contributed by atoms with van der Waals surface area (Å²) in [4.78, 5) is 16.4. The molecule has 0 saturated heterocycles. The number of ether oxygens (including phenoxy) is 1. The van der Waals surface area contributed by atoms with Gasteiger partial charge < -0.3 is 15.4 Å². The highest BCUT2D eigenvalue weighted by Gasteiger charge is 2.06. The molecule has 0 bridgehead atoms. The summed E-state index contributed by atoms with van der Waals surface area (Å²) in [7, 11) is 1.60. The Bertz CT molecular complexity index is 931. The van der Waals surface area contributed by atoms with Crippen LogP contribution < -0.4 is 15.4 Å². The highest BCUT2D eigenvalue weighted by Crippen LogP contribution is 2.22. The van der Waals surface area contributed by atoms with Crippen molar-refractivity contribution >= 4 is 34.7 Å². The molecule has 138 valence electrons. The fourth-order valence-electron chi connectivity index (χ4n) is 2.40. The number of carbonyl (C=O) groups is 1. The molecule has 7 heteroatoms. The molecule has 1 aromatic heterocycles. The average molecular weight is 386 g/mol. The molecule has 0 atom stereocenters. The van der Waals surface area contributed by atoms with E-state index in [1.54, 1.807) is 31.5 Å². The Balaban J connectivity index is 1.57. The highest BCUT2D eigenvalue weighted by atomic mass is 35.5. The summed E-state index contributed by atoms with van der Waals surface area (Å²) in [5.74, 6) is 0.665. The van der Waals surface area contributed by atoms with E-state index in [1.165, 1.54) is 12.1 Å². The lowest BCUT2D eigenvalue weighted by atomic mass is 10.1. The molecular weight excluding hydrogens is 369 g/mol. The molecule has 0 aliphatic rings. The van der Waals surface area contributed by atoms with Gasteiger partial charge in [0.25, 0.3) is 0 Å². The standard InChI is InChI=1S/C20H17ClFN3O2/c1-27-16-6-2-13(3-7-16)10-20(26)25-15-5-9-19(23-12-15)24-14-4-8-18(22)17(21)11-14/h2-9,11-12H,10H2,1H3,(H,23,24)(H,25,26). The van der Waals surface area contributed by atoms with Gasteiger partial charge in [0.05, 0.1) is 30.4 Å². The Hall–Kier alpha value is -3.12. The predicted octanol–water partition coefficient (Wildman–Crippen LogP) is 4.81. The molecule has 5 nitrogen and oxygen atoms in total. The van der Waals surface area contributed by atoms with Crippen molar-refractivity contribution in [3.63, 3.8) is 0 Å². The number of anilines is 3. The van der Waals surface area contributed by atoms with E-state index >= 15 is 0 Å². The van der Waals surface area contributed by atoms with E-state index < -0.39 is 5.82 Å². The van der Waals surface area contributed by atoms with Crippen molar-refractivity contribution in [3.05, 3.63) is 77.2 Å². The first-order valence-corrected chi connectivity index (χ1v) is 8.52. The Morgan fingerprint density at radius 3 is 2.48 bits per heavy atom. The molecule has 3 rings (SSSR count). The maximum absolute atomic E-state index is 13.2. The summed E-state index contributed by atoms with van der Waals surface area (Å²) in [6.07, 6.45) is 1.79. The van der Waals surface area contributed by atoms with E-state index in [1.807, 2.05) is 24.3 Å². The molecular formula is C20H17ClFN3O2. The number of hydrogen-bond acceptors (Lipinski definition) is 4. The average Bonchev–Trinajstić information content (AvgIpc) is 2.67. The number of aromatic nitrogens is 1. The lowest BCUT2D eigenvalue weighted by molar-refractivity contribution is -0.115. The van der Waals surface area contributed by atoms with Gasteiger partial charge in [0.15, 0.2) is 0 Å². The normalized spacial score (nSPS) is 10.3. The summed E-state index contributed by atoms with van der Waals surface area (Å²) in [6, 6.07) is 15.1. The largest absolute Gasteiger partial charge is 0.497 e. The summed E-state index contributed by atoms with van der Waals surface area (Å²) in [5.41, 5.74) is 2.08. The third-order valence-electron chi connectivity index (χ3n) is 3.76. The maximum atomic E-state index is 13.2. The van der Waals surface area contributed by atoms with Crippen molar-refractivity contribution in [1.82, 2.24) is 4.98 Å². The zero-order chi connectivity index (χ0) is 19.2. The second kappa shape index (κ2) is 8.51. The van der Waals surface area contributed by atoms with Gasteiger partial charge in [-0.1, -0.05) is 23.7 Å². The molecule has 0 saturated carbocycles. The van der Waals surface area contributed by atoms with Crippen LogP contribution in [0.15, 0.2) is 60.8 Å². The van der Waals surface area contributed by atoms with Crippen LogP contribution >= 0.6 is 11.6 Å². The Morgan fingerprint density at radius 2 is 1.85 bits per heavy atom. The minimum Gasteiger partial charge on any atom is -0.497 e. The van der Waals surface area contributed by atoms with Crippen LogP contribution in [0.3, 0.4) is 0 Å². The van der Waals surface area contributed by atoms with Crippen LogP contribution in [0.25, 0.3) is 0 Å². The summed E-state index contributed by atoms with van der Waals surface area (Å²) >= 11 is 5.76. The van der Waals surface area contributed by atoms with Crippen LogP contribution in [0.5, 0.6) is 5.75 Å². The van der Waals surface area contributed by atoms with Gasteiger partial charge in [-0.25, -0.2) is 9.37 Å². The number of benzene rings is 2. The van der Waals surface area contributed by atoms with Gasteiger partial charge in [-0.3, -0.25) is 4.79 Å². The van der Waals surface area contributed by atoms with E-state index in [0.717, 1.165) is 11.3 Å². The van der Waals surface area contributed by atoms with Gasteiger partial charge in [0, 0.05) is 5.69 Å². The molecule has 2 N–H and O–H groups in total. The van der Waals surface area contributed by atoms with Crippen LogP contribution in [0.1, 0.15) is 5.56 Å². The van der Waals surface area contributed by atoms with Crippen molar-refractivity contribution in [3.8, 4) is 5.75 Å². The van der Waals surface area contributed by atoms with Gasteiger partial charge in [0.2, 0.25) is 5.91 Å². The first-order chi connectivity index (χ1) is 13.0. The van der Waals surface area contributed by atoms with Crippen LogP contribution in [-0.4, -0.2) is 18.0 Å². The lowest BCUT2D eigenvalue weighted by Crippen LogP contribution is -2.14. The minimum absolute atomic E-state index is 0.0300. The van der Waals surface area contributed by atoms with Gasteiger partial charge >= 0.3 is 0 Å².